The van der Waals surface area contributed by atoms with E-state index in [1.807, 2.05) is 0 Å². The van der Waals surface area contributed by atoms with Crippen molar-refractivity contribution < 1.29 is 23.2 Å². The predicted molar refractivity (Wildman–Crippen MR) is 92.0 cm³/mol. The minimum atomic E-state index is -2.92. The van der Waals surface area contributed by atoms with E-state index in [2.05, 4.69) is 38.9 Å². The summed E-state index contributed by atoms with van der Waals surface area (Å²) in [4.78, 5) is 15.3. The first kappa shape index (κ1) is 24.3. The fourth-order valence-electron chi connectivity index (χ4n) is 3.03. The van der Waals surface area contributed by atoms with Crippen LogP contribution < -0.4 is 0 Å². The van der Waals surface area contributed by atoms with Gasteiger partial charge in [-0.05, 0) is 24.2 Å². The van der Waals surface area contributed by atoms with Gasteiger partial charge in [-0.2, -0.15) is 0 Å². The lowest BCUT2D eigenvalue weighted by Gasteiger charge is -2.37. The molecule has 2 N–H and O–H groups in total. The molecule has 132 valence electrons. The maximum absolute atomic E-state index is 9.39. The van der Waals surface area contributed by atoms with Crippen molar-refractivity contribution in [2.75, 3.05) is 0 Å². The van der Waals surface area contributed by atoms with Crippen LogP contribution in [0.25, 0.3) is 0 Å². The van der Waals surface area contributed by atoms with Gasteiger partial charge in [0.2, 0.25) is 0 Å². The second-order valence-electron chi connectivity index (χ2n) is 5.93. The molecule has 0 saturated heterocycles. The molecule has 0 aromatic heterocycles. The first-order valence-corrected chi connectivity index (χ1v) is 10.5. The zero-order valence-corrected chi connectivity index (χ0v) is 16.5. The number of hydrogen-bond acceptors (Lipinski definition) is 3. The van der Waals surface area contributed by atoms with Crippen molar-refractivity contribution in [3.63, 3.8) is 0 Å². The molecule has 22 heavy (non-hydrogen) atoms. The molecule has 0 aromatic carbocycles. The summed E-state index contributed by atoms with van der Waals surface area (Å²) in [5.41, 5.74) is 0.621. The minimum absolute atomic E-state index is 0.621. The molecule has 0 amide bonds. The molecule has 0 fully saturated rings. The Morgan fingerprint density at radius 2 is 1.27 bits per heavy atom. The van der Waals surface area contributed by atoms with Crippen molar-refractivity contribution in [1.29, 1.82) is 0 Å². The highest BCUT2D eigenvalue weighted by Gasteiger charge is 2.32. The maximum atomic E-state index is 9.39. The fraction of sp³-hybridized carbons (Fsp3) is 1.00. The number of hydrogen-bond donors (Lipinski definition) is 2. The third-order valence-electron chi connectivity index (χ3n) is 4.31. The molecular weight excluding hydrogens is 322 g/mol. The summed E-state index contributed by atoms with van der Waals surface area (Å²) in [6.45, 7) is 11.9. The monoisotopic (exact) mass is 356 g/mol. The number of unbranched alkanes of at least 4 members (excludes halogenated alkanes) is 2. The van der Waals surface area contributed by atoms with Crippen molar-refractivity contribution in [1.82, 2.24) is 0 Å². The summed E-state index contributed by atoms with van der Waals surface area (Å²) in [6.07, 6.45) is 11.1. The van der Waals surface area contributed by atoms with E-state index in [1.54, 1.807) is 0 Å². The zero-order chi connectivity index (χ0) is 17.6. The largest absolute Gasteiger partial charge is 0.745 e. The van der Waals surface area contributed by atoms with E-state index in [1.165, 1.54) is 51.4 Å². The van der Waals surface area contributed by atoms with Crippen LogP contribution in [0, 0.1) is 11.3 Å². The van der Waals surface area contributed by atoms with Crippen LogP contribution in [0.3, 0.4) is 0 Å². The average molecular weight is 356 g/mol. The van der Waals surface area contributed by atoms with Crippen LogP contribution >= 0.6 is 16.5 Å². The highest BCUT2D eigenvalue weighted by Crippen LogP contribution is 2.41. The SMILES string of the molecule is CCCCC(C)(CCCC)C(CC)CC.O=[P+](O)O[P+](=O)O. The molecule has 0 aliphatic carbocycles. The molecule has 0 heterocycles. The Morgan fingerprint density at radius 3 is 1.45 bits per heavy atom. The normalized spacial score (nSPS) is 12.7. The summed E-state index contributed by atoms with van der Waals surface area (Å²) < 4.78 is 22.2. The van der Waals surface area contributed by atoms with E-state index in [-0.39, 0.29) is 0 Å². The Morgan fingerprint density at radius 1 is 0.909 bits per heavy atom. The van der Waals surface area contributed by atoms with Gasteiger partial charge in [-0.3, -0.25) is 0 Å². The summed E-state index contributed by atoms with van der Waals surface area (Å²) in [5.74, 6) is 0.940. The Bertz CT molecular complexity index is 286. The van der Waals surface area contributed by atoms with E-state index in [0.717, 1.165) is 5.92 Å². The van der Waals surface area contributed by atoms with Gasteiger partial charge in [-0.15, -0.1) is 9.79 Å². The van der Waals surface area contributed by atoms with Crippen LogP contribution in [-0.2, 0) is 13.4 Å². The highest BCUT2D eigenvalue weighted by molar-refractivity contribution is 7.46. The first-order chi connectivity index (χ1) is 10.3. The topological polar surface area (TPSA) is 83.8 Å². The van der Waals surface area contributed by atoms with Crippen molar-refractivity contribution in [2.45, 2.75) is 86.0 Å². The maximum Gasteiger partial charge on any atom is 0.745 e. The van der Waals surface area contributed by atoms with Crippen molar-refractivity contribution in [2.24, 2.45) is 11.3 Å². The summed E-state index contributed by atoms with van der Waals surface area (Å²) in [5, 5.41) is 0. The number of rotatable bonds is 11. The van der Waals surface area contributed by atoms with Crippen LogP contribution in [0.1, 0.15) is 86.0 Å². The molecule has 0 saturated carbocycles. The van der Waals surface area contributed by atoms with E-state index >= 15 is 0 Å². The molecule has 0 spiro atoms. The molecule has 0 bridgehead atoms. The van der Waals surface area contributed by atoms with Gasteiger partial charge in [0, 0.05) is 9.13 Å². The van der Waals surface area contributed by atoms with Gasteiger partial charge in [0.15, 0.2) is 4.31 Å². The lowest BCUT2D eigenvalue weighted by Crippen LogP contribution is -2.26. The minimum Gasteiger partial charge on any atom is -0.131 e. The molecule has 0 rings (SSSR count). The van der Waals surface area contributed by atoms with Crippen molar-refractivity contribution in [3.8, 4) is 0 Å². The van der Waals surface area contributed by atoms with Gasteiger partial charge >= 0.3 is 16.5 Å². The van der Waals surface area contributed by atoms with Crippen molar-refractivity contribution >= 4 is 16.5 Å². The molecule has 2 unspecified atom stereocenters. The van der Waals surface area contributed by atoms with Gasteiger partial charge in [-0.25, -0.2) is 0 Å². The Balaban J connectivity index is 0. The quantitative estimate of drug-likeness (QED) is 0.436. The second-order valence-corrected chi connectivity index (χ2v) is 7.54. The van der Waals surface area contributed by atoms with Gasteiger partial charge < -0.3 is 0 Å². The highest BCUT2D eigenvalue weighted by atomic mass is 31.2. The Hall–Kier alpha value is 0.0800. The van der Waals surface area contributed by atoms with Crippen LogP contribution in [0.2, 0.25) is 0 Å². The predicted octanol–water partition coefficient (Wildman–Crippen LogP) is 6.11. The lowest BCUT2D eigenvalue weighted by molar-refractivity contribution is 0.135. The van der Waals surface area contributed by atoms with E-state index in [4.69, 9.17) is 9.79 Å². The fourth-order valence-corrected chi connectivity index (χ4v) is 3.51. The third kappa shape index (κ3) is 12.6. The molecule has 0 aliphatic heterocycles. The standard InChI is InChI=1S/C15H32.O5P2/c1-6-10-12-15(5,13-11-7-2)14(8-3)9-4;1-6(2)5-7(3)4/h14H,6-13H2,1-5H3;/p+2. The Kier molecular flexibility index (Phi) is 16.2. The van der Waals surface area contributed by atoms with Crippen LogP contribution in [0.15, 0.2) is 0 Å². The van der Waals surface area contributed by atoms with E-state index in [0.29, 0.717) is 5.41 Å². The zero-order valence-electron chi connectivity index (χ0n) is 14.7. The van der Waals surface area contributed by atoms with Gasteiger partial charge in [0.1, 0.15) is 0 Å². The summed E-state index contributed by atoms with van der Waals surface area (Å²) in [6, 6.07) is 0. The first-order valence-electron chi connectivity index (χ1n) is 8.27. The second kappa shape index (κ2) is 14.7. The van der Waals surface area contributed by atoms with Gasteiger partial charge in [-0.1, -0.05) is 73.1 Å². The lowest BCUT2D eigenvalue weighted by atomic mass is 9.68. The summed E-state index contributed by atoms with van der Waals surface area (Å²) in [7, 11) is -5.85. The van der Waals surface area contributed by atoms with Gasteiger partial charge in [0.25, 0.3) is 0 Å². The van der Waals surface area contributed by atoms with Crippen LogP contribution in [0.5, 0.6) is 0 Å². The Labute approximate surface area is 137 Å². The molecule has 2 atom stereocenters. The molecule has 0 aliphatic rings. The summed E-state index contributed by atoms with van der Waals surface area (Å²) >= 11 is 0. The molecule has 5 nitrogen and oxygen atoms in total. The average Bonchev–Trinajstić information content (AvgIpc) is 2.43. The van der Waals surface area contributed by atoms with Crippen LogP contribution in [-0.4, -0.2) is 9.79 Å². The van der Waals surface area contributed by atoms with Gasteiger partial charge in [0.05, 0.1) is 0 Å². The molecule has 0 radical (unpaired) electrons. The smallest absolute Gasteiger partial charge is 0.131 e. The molecule has 0 aromatic rings. The molecule has 7 heteroatoms. The third-order valence-corrected chi connectivity index (χ3v) is 5.43. The van der Waals surface area contributed by atoms with Crippen LogP contribution in [0.4, 0.5) is 0 Å². The van der Waals surface area contributed by atoms with E-state index < -0.39 is 16.5 Å². The van der Waals surface area contributed by atoms with Crippen molar-refractivity contribution in [3.05, 3.63) is 0 Å². The van der Waals surface area contributed by atoms with E-state index in [9.17, 15) is 9.13 Å². The molecular formula is C15H34O5P2+2.